The SMILES string of the molecule is NC12CNCCCNCC(NC(=O)CCCC(=O)O)(CNCCNC1)CNCCNC2. The van der Waals surface area contributed by atoms with E-state index in [4.69, 9.17) is 10.8 Å². The number of aliphatic carboxylic acids is 1. The van der Waals surface area contributed by atoms with Gasteiger partial charge in [-0.3, -0.25) is 9.59 Å². The molecule has 0 unspecified atom stereocenters. The number of amides is 1. The lowest BCUT2D eigenvalue weighted by molar-refractivity contribution is -0.137. The highest BCUT2D eigenvalue weighted by molar-refractivity contribution is 5.77. The molecule has 2 bridgehead atoms. The second-order valence-electron chi connectivity index (χ2n) is 8.85. The van der Waals surface area contributed by atoms with E-state index in [2.05, 4.69) is 37.2 Å². The van der Waals surface area contributed by atoms with Gasteiger partial charge in [-0.05, 0) is 25.9 Å². The minimum absolute atomic E-state index is 0.00213. The third-order valence-corrected chi connectivity index (χ3v) is 5.68. The number of hydrogen-bond acceptors (Lipinski definition) is 9. The summed E-state index contributed by atoms with van der Waals surface area (Å²) in [5, 5.41) is 32.9. The van der Waals surface area contributed by atoms with Crippen LogP contribution in [0.1, 0.15) is 25.7 Å². The second-order valence-corrected chi connectivity index (χ2v) is 8.85. The first-order valence-electron chi connectivity index (χ1n) is 11.5. The Bertz CT molecular complexity index is 533. The van der Waals surface area contributed by atoms with E-state index in [9.17, 15) is 9.59 Å². The lowest BCUT2D eigenvalue weighted by Crippen LogP contribution is -2.66. The molecule has 3 rings (SSSR count). The Morgan fingerprint density at radius 1 is 0.742 bits per heavy atom. The van der Waals surface area contributed by atoms with Gasteiger partial charge in [0.15, 0.2) is 0 Å². The smallest absolute Gasteiger partial charge is 0.303 e. The van der Waals surface area contributed by atoms with Gasteiger partial charge in [0.05, 0.1) is 11.1 Å². The van der Waals surface area contributed by atoms with Gasteiger partial charge in [-0.2, -0.15) is 0 Å². The van der Waals surface area contributed by atoms with Gasteiger partial charge in [0, 0.05) is 78.3 Å². The van der Waals surface area contributed by atoms with Crippen LogP contribution in [0.15, 0.2) is 0 Å². The monoisotopic (exact) mass is 442 g/mol. The molecule has 3 aliphatic heterocycles. The number of rotatable bonds is 5. The van der Waals surface area contributed by atoms with Crippen molar-refractivity contribution in [2.75, 3.05) is 78.5 Å². The number of carboxylic acids is 1. The predicted octanol–water partition coefficient (Wildman–Crippen LogP) is -3.25. The third-order valence-electron chi connectivity index (χ3n) is 5.68. The Kier molecular flexibility index (Phi) is 11.7. The topological polar surface area (TPSA) is 165 Å². The van der Waals surface area contributed by atoms with Crippen molar-refractivity contribution >= 4 is 11.9 Å². The molecule has 0 aromatic heterocycles. The van der Waals surface area contributed by atoms with Crippen molar-refractivity contribution in [1.29, 1.82) is 0 Å². The van der Waals surface area contributed by atoms with Gasteiger partial charge >= 0.3 is 5.97 Å². The number of carboxylic acid groups (broad SMARTS) is 1. The summed E-state index contributed by atoms with van der Waals surface area (Å²) in [5.41, 5.74) is 5.78. The first-order valence-corrected chi connectivity index (χ1v) is 11.5. The number of carbonyl (C=O) groups is 2. The van der Waals surface area contributed by atoms with Crippen LogP contribution in [-0.4, -0.2) is 107 Å². The number of hydrogen-bond donors (Lipinski definition) is 9. The molecule has 3 fully saturated rings. The van der Waals surface area contributed by atoms with Crippen LogP contribution >= 0.6 is 0 Å². The van der Waals surface area contributed by atoms with E-state index in [-0.39, 0.29) is 24.3 Å². The Morgan fingerprint density at radius 3 is 1.71 bits per heavy atom. The van der Waals surface area contributed by atoms with Gasteiger partial charge in [0.25, 0.3) is 0 Å². The van der Waals surface area contributed by atoms with Crippen LogP contribution < -0.4 is 43.0 Å². The van der Waals surface area contributed by atoms with Crippen LogP contribution in [-0.2, 0) is 9.59 Å². The number of nitrogens with one attached hydrogen (secondary N) is 7. The van der Waals surface area contributed by atoms with E-state index >= 15 is 0 Å². The summed E-state index contributed by atoms with van der Waals surface area (Å²) < 4.78 is 0. The van der Waals surface area contributed by atoms with Crippen molar-refractivity contribution in [3.8, 4) is 0 Å². The summed E-state index contributed by atoms with van der Waals surface area (Å²) in [7, 11) is 0. The van der Waals surface area contributed by atoms with E-state index in [1.807, 2.05) is 0 Å². The fourth-order valence-corrected chi connectivity index (χ4v) is 3.95. The molecule has 0 aromatic rings. The van der Waals surface area contributed by atoms with Gasteiger partial charge < -0.3 is 48.1 Å². The third kappa shape index (κ3) is 10.7. The van der Waals surface area contributed by atoms with E-state index < -0.39 is 11.5 Å². The van der Waals surface area contributed by atoms with E-state index in [1.165, 1.54) is 0 Å². The molecule has 3 saturated heterocycles. The van der Waals surface area contributed by atoms with Crippen molar-refractivity contribution in [3.63, 3.8) is 0 Å². The van der Waals surface area contributed by atoms with Crippen LogP contribution in [0.5, 0.6) is 0 Å². The maximum absolute atomic E-state index is 12.6. The second kappa shape index (κ2) is 13.9. The first-order chi connectivity index (χ1) is 14.9. The van der Waals surface area contributed by atoms with Crippen molar-refractivity contribution in [2.24, 2.45) is 5.73 Å². The lowest BCUT2D eigenvalue weighted by atomic mass is 9.97. The number of carbonyl (C=O) groups excluding carboxylic acids is 1. The van der Waals surface area contributed by atoms with Crippen molar-refractivity contribution < 1.29 is 14.7 Å². The average molecular weight is 443 g/mol. The van der Waals surface area contributed by atoms with Crippen molar-refractivity contribution in [1.82, 2.24) is 37.2 Å². The highest BCUT2D eigenvalue weighted by Crippen LogP contribution is 2.06. The molecule has 1 amide bonds. The van der Waals surface area contributed by atoms with Gasteiger partial charge in [-0.25, -0.2) is 0 Å². The average Bonchev–Trinajstić information content (AvgIpc) is 2.72. The molecule has 31 heavy (non-hydrogen) atoms. The Labute approximate surface area is 185 Å². The van der Waals surface area contributed by atoms with Crippen LogP contribution in [0.4, 0.5) is 0 Å². The normalized spacial score (nSPS) is 30.0. The van der Waals surface area contributed by atoms with Crippen LogP contribution in [0.2, 0.25) is 0 Å². The lowest BCUT2D eigenvalue weighted by Gasteiger charge is -2.36. The summed E-state index contributed by atoms with van der Waals surface area (Å²) in [6.07, 6.45) is 1.51. The van der Waals surface area contributed by atoms with Crippen LogP contribution in [0.25, 0.3) is 0 Å². The van der Waals surface area contributed by atoms with E-state index in [1.54, 1.807) is 0 Å². The summed E-state index contributed by atoms with van der Waals surface area (Å²) in [5.74, 6) is -0.991. The van der Waals surface area contributed by atoms with Gasteiger partial charge in [-0.15, -0.1) is 0 Å². The zero-order valence-corrected chi connectivity index (χ0v) is 18.7. The van der Waals surface area contributed by atoms with Gasteiger partial charge in [-0.1, -0.05) is 0 Å². The van der Waals surface area contributed by atoms with Crippen molar-refractivity contribution in [3.05, 3.63) is 0 Å². The minimum atomic E-state index is -0.877. The quantitative estimate of drug-likeness (QED) is 0.211. The molecule has 0 aliphatic carbocycles. The fraction of sp³-hybridized carbons (Fsp3) is 0.900. The Hall–Kier alpha value is -1.34. The summed E-state index contributed by atoms with van der Waals surface area (Å²) in [4.78, 5) is 23.4. The predicted molar refractivity (Wildman–Crippen MR) is 121 cm³/mol. The zero-order chi connectivity index (χ0) is 22.4. The minimum Gasteiger partial charge on any atom is -0.481 e. The highest BCUT2D eigenvalue weighted by Gasteiger charge is 2.31. The highest BCUT2D eigenvalue weighted by atomic mass is 16.4. The molecule has 3 aliphatic rings. The molecular formula is C20H42N8O3. The molecule has 0 spiro atoms. The molecule has 3 heterocycles. The molecular weight excluding hydrogens is 400 g/mol. The number of fused-ring (bicyclic) bond motifs is 16. The molecule has 0 saturated carbocycles. The zero-order valence-electron chi connectivity index (χ0n) is 18.7. The summed E-state index contributed by atoms with van der Waals surface area (Å²) >= 11 is 0. The Balaban J connectivity index is 2.08. The molecule has 0 atom stereocenters. The van der Waals surface area contributed by atoms with E-state index in [0.717, 1.165) is 52.2 Å². The molecule has 11 nitrogen and oxygen atoms in total. The molecule has 0 aromatic carbocycles. The van der Waals surface area contributed by atoms with Gasteiger partial charge in [0.1, 0.15) is 0 Å². The largest absolute Gasteiger partial charge is 0.481 e. The molecule has 180 valence electrons. The van der Waals surface area contributed by atoms with Gasteiger partial charge in [0.2, 0.25) is 5.91 Å². The number of nitrogens with two attached hydrogens (primary N) is 1. The standard InChI is InChI=1S/C20H42N8O3/c21-19-11-22-5-2-6-23-14-20(15-26-9-7-24-12-19,16-27-10-8-25-13-19)28-17(29)3-1-4-18(30)31/h22-27H,1-16,21H2,(H,28,29)(H,30,31). The Morgan fingerprint density at radius 2 is 1.19 bits per heavy atom. The maximum atomic E-state index is 12.6. The summed E-state index contributed by atoms with van der Waals surface area (Å²) in [6.45, 7) is 8.79. The summed E-state index contributed by atoms with van der Waals surface area (Å²) in [6, 6.07) is 0. The maximum Gasteiger partial charge on any atom is 0.303 e. The first kappa shape index (κ1) is 25.9. The van der Waals surface area contributed by atoms with Crippen molar-refractivity contribution in [2.45, 2.75) is 36.8 Å². The molecule has 10 N–H and O–H groups in total. The van der Waals surface area contributed by atoms with E-state index in [0.29, 0.717) is 39.1 Å². The molecule has 11 heteroatoms. The fourth-order valence-electron chi connectivity index (χ4n) is 3.95. The van der Waals surface area contributed by atoms with Crippen LogP contribution in [0, 0.1) is 0 Å². The molecule has 0 radical (unpaired) electrons. The van der Waals surface area contributed by atoms with Crippen LogP contribution in [0.3, 0.4) is 0 Å².